The van der Waals surface area contributed by atoms with Gasteiger partial charge in [0.15, 0.2) is 0 Å². The van der Waals surface area contributed by atoms with Crippen molar-refractivity contribution in [1.29, 1.82) is 0 Å². The Hall–Kier alpha value is -2.49. The molecule has 0 radical (unpaired) electrons. The summed E-state index contributed by atoms with van der Waals surface area (Å²) in [5.74, 6) is 0.0289. The van der Waals surface area contributed by atoms with E-state index in [1.807, 2.05) is 12.1 Å². The first-order chi connectivity index (χ1) is 13.8. The zero-order valence-corrected chi connectivity index (χ0v) is 15.9. The highest BCUT2D eigenvalue weighted by atomic mass is 19.1. The Morgan fingerprint density at radius 3 is 2.07 bits per heavy atom. The largest absolute Gasteiger partial charge is 0.377 e. The average Bonchev–Trinajstić information content (AvgIpc) is 2.75. The Morgan fingerprint density at radius 1 is 0.857 bits per heavy atom. The number of ether oxygens (including phenoxy) is 1. The molecule has 2 nitrogen and oxygen atoms in total. The van der Waals surface area contributed by atoms with E-state index in [1.54, 1.807) is 0 Å². The van der Waals surface area contributed by atoms with Gasteiger partial charge in [-0.05, 0) is 41.7 Å². The standard InChI is InChI=1S/C25H26FNO/c26-22-13-11-19(12-14-22)18-27-23-15-16-28-24(17-23)25(20-7-3-1-4-8-20)21-9-5-2-6-10-21/h1-14,23-25,27H,15-18H2. The van der Waals surface area contributed by atoms with E-state index in [1.165, 1.54) is 23.3 Å². The topological polar surface area (TPSA) is 21.3 Å². The summed E-state index contributed by atoms with van der Waals surface area (Å²) in [6.07, 6.45) is 2.08. The van der Waals surface area contributed by atoms with Crippen LogP contribution in [0.2, 0.25) is 0 Å². The van der Waals surface area contributed by atoms with Gasteiger partial charge in [0.05, 0.1) is 6.10 Å². The highest BCUT2D eigenvalue weighted by Gasteiger charge is 2.31. The molecule has 144 valence electrons. The quantitative estimate of drug-likeness (QED) is 0.632. The summed E-state index contributed by atoms with van der Waals surface area (Å²) in [6.45, 7) is 1.50. The predicted octanol–water partition coefficient (Wildman–Crippen LogP) is 5.30. The van der Waals surface area contributed by atoms with Crippen molar-refractivity contribution in [3.63, 3.8) is 0 Å². The number of hydrogen-bond acceptors (Lipinski definition) is 2. The van der Waals surface area contributed by atoms with Crippen molar-refractivity contribution in [2.45, 2.75) is 37.5 Å². The molecule has 1 saturated heterocycles. The highest BCUT2D eigenvalue weighted by molar-refractivity contribution is 5.34. The second kappa shape index (κ2) is 9.13. The van der Waals surface area contributed by atoms with Gasteiger partial charge < -0.3 is 10.1 Å². The van der Waals surface area contributed by atoms with Crippen LogP contribution >= 0.6 is 0 Å². The lowest BCUT2D eigenvalue weighted by molar-refractivity contribution is -0.00769. The molecule has 0 amide bonds. The molecule has 0 bridgehead atoms. The summed E-state index contributed by atoms with van der Waals surface area (Å²) in [5.41, 5.74) is 3.68. The summed E-state index contributed by atoms with van der Waals surface area (Å²) in [6, 6.07) is 28.4. The summed E-state index contributed by atoms with van der Waals surface area (Å²) in [5, 5.41) is 3.64. The lowest BCUT2D eigenvalue weighted by Crippen LogP contribution is -2.41. The molecule has 1 aliphatic rings. The fourth-order valence-electron chi connectivity index (χ4n) is 4.05. The van der Waals surface area contributed by atoms with Crippen LogP contribution in [0.5, 0.6) is 0 Å². The van der Waals surface area contributed by atoms with Crippen molar-refractivity contribution >= 4 is 0 Å². The van der Waals surface area contributed by atoms with Crippen molar-refractivity contribution in [3.8, 4) is 0 Å². The summed E-state index contributed by atoms with van der Waals surface area (Å²) >= 11 is 0. The van der Waals surface area contributed by atoms with Crippen molar-refractivity contribution < 1.29 is 9.13 Å². The Labute approximate surface area is 166 Å². The predicted molar refractivity (Wildman–Crippen MR) is 111 cm³/mol. The van der Waals surface area contributed by atoms with Gasteiger partial charge in [-0.15, -0.1) is 0 Å². The van der Waals surface area contributed by atoms with Crippen LogP contribution in [0, 0.1) is 5.82 Å². The van der Waals surface area contributed by atoms with Crippen molar-refractivity contribution in [2.24, 2.45) is 0 Å². The van der Waals surface area contributed by atoms with E-state index in [2.05, 4.69) is 66.0 Å². The Balaban J connectivity index is 1.48. The maximum absolute atomic E-state index is 13.1. The highest BCUT2D eigenvalue weighted by Crippen LogP contribution is 2.34. The molecule has 0 aliphatic carbocycles. The number of rotatable bonds is 6. The molecule has 0 saturated carbocycles. The van der Waals surface area contributed by atoms with Crippen LogP contribution in [-0.2, 0) is 11.3 Å². The number of halogens is 1. The Kier molecular flexibility index (Phi) is 6.15. The Morgan fingerprint density at radius 2 is 1.46 bits per heavy atom. The summed E-state index contributed by atoms with van der Waals surface area (Å²) in [7, 11) is 0. The van der Waals surface area contributed by atoms with E-state index in [0.717, 1.165) is 31.6 Å². The zero-order valence-electron chi connectivity index (χ0n) is 15.9. The first-order valence-corrected chi connectivity index (χ1v) is 9.99. The van der Waals surface area contributed by atoms with Gasteiger partial charge in [0.2, 0.25) is 0 Å². The molecule has 1 N–H and O–H groups in total. The maximum Gasteiger partial charge on any atom is 0.123 e. The third-order valence-electron chi connectivity index (χ3n) is 5.51. The van der Waals surface area contributed by atoms with E-state index in [-0.39, 0.29) is 17.8 Å². The third kappa shape index (κ3) is 4.67. The smallest absolute Gasteiger partial charge is 0.123 e. The fourth-order valence-corrected chi connectivity index (χ4v) is 4.05. The molecule has 4 rings (SSSR count). The van der Waals surface area contributed by atoms with Crippen LogP contribution in [0.1, 0.15) is 35.4 Å². The SMILES string of the molecule is Fc1ccc(CNC2CCOC(C(c3ccccc3)c3ccccc3)C2)cc1. The van der Waals surface area contributed by atoms with Gasteiger partial charge in [0.1, 0.15) is 5.82 Å². The van der Waals surface area contributed by atoms with Crippen molar-refractivity contribution in [3.05, 3.63) is 107 Å². The first kappa shape index (κ1) is 18.9. The van der Waals surface area contributed by atoms with Crippen molar-refractivity contribution in [2.75, 3.05) is 6.61 Å². The first-order valence-electron chi connectivity index (χ1n) is 9.99. The fraction of sp³-hybridized carbons (Fsp3) is 0.280. The summed E-state index contributed by atoms with van der Waals surface area (Å²) in [4.78, 5) is 0. The van der Waals surface area contributed by atoms with Gasteiger partial charge in [-0.25, -0.2) is 4.39 Å². The molecular weight excluding hydrogens is 349 g/mol. The van der Waals surface area contributed by atoms with E-state index < -0.39 is 0 Å². The second-order valence-electron chi connectivity index (χ2n) is 7.44. The molecule has 1 heterocycles. The van der Waals surface area contributed by atoms with Gasteiger partial charge in [-0.2, -0.15) is 0 Å². The lowest BCUT2D eigenvalue weighted by Gasteiger charge is -2.36. The van der Waals surface area contributed by atoms with Gasteiger partial charge in [0.25, 0.3) is 0 Å². The molecule has 28 heavy (non-hydrogen) atoms. The van der Waals surface area contributed by atoms with Crippen LogP contribution in [0.15, 0.2) is 84.9 Å². The molecule has 1 aliphatic heterocycles. The number of nitrogens with one attached hydrogen (secondary N) is 1. The minimum atomic E-state index is -0.191. The van der Waals surface area contributed by atoms with E-state index >= 15 is 0 Å². The zero-order chi connectivity index (χ0) is 19.2. The Bertz CT molecular complexity index is 811. The van der Waals surface area contributed by atoms with Crippen LogP contribution in [0.25, 0.3) is 0 Å². The third-order valence-corrected chi connectivity index (χ3v) is 5.51. The van der Waals surface area contributed by atoms with Crippen molar-refractivity contribution in [1.82, 2.24) is 5.32 Å². The second-order valence-corrected chi connectivity index (χ2v) is 7.44. The van der Waals surface area contributed by atoms with Crippen LogP contribution in [0.4, 0.5) is 4.39 Å². The van der Waals surface area contributed by atoms with Gasteiger partial charge in [0, 0.05) is 25.1 Å². The molecule has 0 spiro atoms. The molecule has 3 aromatic rings. The molecule has 0 aromatic heterocycles. The molecule has 2 atom stereocenters. The van der Waals surface area contributed by atoms with Crippen LogP contribution < -0.4 is 5.32 Å². The normalized spacial score (nSPS) is 19.6. The van der Waals surface area contributed by atoms with Gasteiger partial charge in [-0.3, -0.25) is 0 Å². The number of hydrogen-bond donors (Lipinski definition) is 1. The average molecular weight is 375 g/mol. The molecule has 1 fully saturated rings. The molecule has 3 aromatic carbocycles. The van der Waals surface area contributed by atoms with Gasteiger partial charge >= 0.3 is 0 Å². The van der Waals surface area contributed by atoms with Gasteiger partial charge in [-0.1, -0.05) is 72.8 Å². The lowest BCUT2D eigenvalue weighted by atomic mass is 9.82. The molecule has 3 heteroatoms. The van der Waals surface area contributed by atoms with E-state index in [0.29, 0.717) is 6.04 Å². The van der Waals surface area contributed by atoms with E-state index in [9.17, 15) is 4.39 Å². The van der Waals surface area contributed by atoms with Crippen LogP contribution in [0.3, 0.4) is 0 Å². The minimum Gasteiger partial charge on any atom is -0.377 e. The maximum atomic E-state index is 13.1. The molecule has 2 unspecified atom stereocenters. The van der Waals surface area contributed by atoms with Crippen LogP contribution in [-0.4, -0.2) is 18.8 Å². The monoisotopic (exact) mass is 375 g/mol. The van der Waals surface area contributed by atoms with E-state index in [4.69, 9.17) is 4.74 Å². The minimum absolute atomic E-state index is 0.129. The number of benzene rings is 3. The molecular formula is C25H26FNO. The summed E-state index contributed by atoms with van der Waals surface area (Å²) < 4.78 is 19.4.